The number of aryl methyl sites for hydroxylation is 2. The molecule has 0 fully saturated rings. The first-order valence-electron chi connectivity index (χ1n) is 9.76. The third-order valence-corrected chi connectivity index (χ3v) is 6.39. The summed E-state index contributed by atoms with van der Waals surface area (Å²) in [6, 6.07) is 1.66. The van der Waals surface area contributed by atoms with Crippen molar-refractivity contribution in [2.24, 2.45) is 19.8 Å². The molecule has 0 aliphatic rings. The van der Waals surface area contributed by atoms with Crippen molar-refractivity contribution < 1.29 is 31.5 Å². The van der Waals surface area contributed by atoms with Crippen molar-refractivity contribution in [2.45, 2.75) is 19.5 Å². The first-order valence-corrected chi connectivity index (χ1v) is 10.6. The lowest BCUT2D eigenvalue weighted by molar-refractivity contribution is -0.141. The van der Waals surface area contributed by atoms with Gasteiger partial charge in [-0.3, -0.25) is 19.0 Å². The summed E-state index contributed by atoms with van der Waals surface area (Å²) in [6.07, 6.45) is -6.31. The molecule has 0 aliphatic carbocycles. The van der Waals surface area contributed by atoms with E-state index in [0.29, 0.717) is 28.7 Å². The maximum absolute atomic E-state index is 13.6. The number of halogens is 5. The Bertz CT molecular complexity index is 1490. The van der Waals surface area contributed by atoms with Gasteiger partial charge in [-0.15, -0.1) is 11.3 Å². The average molecular weight is 513 g/mol. The molecule has 0 atom stereocenters. The summed E-state index contributed by atoms with van der Waals surface area (Å²) in [4.78, 5) is 28.8. The molecule has 0 saturated heterocycles. The predicted molar refractivity (Wildman–Crippen MR) is 116 cm³/mol. The van der Waals surface area contributed by atoms with Gasteiger partial charge in [0.15, 0.2) is 5.69 Å². The van der Waals surface area contributed by atoms with Crippen molar-refractivity contribution in [1.29, 1.82) is 0 Å². The Kier molecular flexibility index (Phi) is 5.82. The number of pyridine rings is 1. The van der Waals surface area contributed by atoms with Gasteiger partial charge in [0.25, 0.3) is 18.2 Å². The largest absolute Gasteiger partial charge is 0.435 e. The minimum atomic E-state index is -4.79. The van der Waals surface area contributed by atoms with Crippen LogP contribution in [0, 0.1) is 6.92 Å². The van der Waals surface area contributed by atoms with Crippen LogP contribution in [0.1, 0.15) is 43.7 Å². The van der Waals surface area contributed by atoms with Crippen LogP contribution in [0.3, 0.4) is 0 Å². The van der Waals surface area contributed by atoms with Crippen molar-refractivity contribution in [3.05, 3.63) is 46.0 Å². The van der Waals surface area contributed by atoms with Crippen LogP contribution in [-0.4, -0.2) is 36.4 Å². The van der Waals surface area contributed by atoms with Crippen LogP contribution in [0.5, 0.6) is 0 Å². The average Bonchev–Trinajstić information content (AvgIpc) is 3.43. The van der Waals surface area contributed by atoms with Gasteiger partial charge in [0.05, 0.1) is 11.9 Å². The molecule has 184 valence electrons. The first kappa shape index (κ1) is 24.3. The van der Waals surface area contributed by atoms with E-state index >= 15 is 0 Å². The Labute approximate surface area is 197 Å². The summed E-state index contributed by atoms with van der Waals surface area (Å²) in [5, 5.41) is 9.93. The van der Waals surface area contributed by atoms with Gasteiger partial charge in [0.1, 0.15) is 21.1 Å². The van der Waals surface area contributed by atoms with Crippen molar-refractivity contribution >= 4 is 39.1 Å². The van der Waals surface area contributed by atoms with Crippen molar-refractivity contribution in [3.63, 3.8) is 0 Å². The number of carbonyl (C=O) groups excluding carboxylic acids is 2. The van der Waals surface area contributed by atoms with Crippen LogP contribution < -0.4 is 11.1 Å². The summed E-state index contributed by atoms with van der Waals surface area (Å²) in [5.74, 6) is -2.01. The first-order chi connectivity index (χ1) is 16.3. The molecule has 15 heteroatoms. The van der Waals surface area contributed by atoms with E-state index in [1.807, 2.05) is 0 Å². The number of rotatable bonds is 5. The van der Waals surface area contributed by atoms with Crippen LogP contribution in [0.25, 0.3) is 21.3 Å². The highest BCUT2D eigenvalue weighted by atomic mass is 32.1. The van der Waals surface area contributed by atoms with E-state index in [0.717, 1.165) is 17.8 Å². The van der Waals surface area contributed by atoms with E-state index in [-0.39, 0.29) is 26.3 Å². The van der Waals surface area contributed by atoms with Gasteiger partial charge < -0.3 is 11.1 Å². The molecule has 4 aromatic heterocycles. The number of hydrogen-bond donors (Lipinski definition) is 2. The summed E-state index contributed by atoms with van der Waals surface area (Å²) >= 11 is 0.673. The number of anilines is 1. The zero-order valence-corrected chi connectivity index (χ0v) is 19.1. The summed E-state index contributed by atoms with van der Waals surface area (Å²) in [6.45, 7) is 1.69. The molecular weight excluding hydrogens is 497 g/mol. The molecule has 4 rings (SSSR count). The molecule has 9 nitrogen and oxygen atoms in total. The molecular formula is C20H16F5N7O2S. The van der Waals surface area contributed by atoms with E-state index in [9.17, 15) is 31.5 Å². The number of nitrogens with one attached hydrogen (secondary N) is 1. The van der Waals surface area contributed by atoms with Gasteiger partial charge in [-0.05, 0) is 18.6 Å². The lowest BCUT2D eigenvalue weighted by Gasteiger charge is -2.11. The number of amides is 2. The molecule has 0 saturated carbocycles. The Morgan fingerprint density at radius 2 is 1.83 bits per heavy atom. The van der Waals surface area contributed by atoms with E-state index in [1.54, 1.807) is 14.0 Å². The number of nitrogens with zero attached hydrogens (tertiary/aromatic N) is 5. The Hall–Kier alpha value is -3.88. The van der Waals surface area contributed by atoms with E-state index in [1.165, 1.54) is 10.9 Å². The van der Waals surface area contributed by atoms with E-state index in [2.05, 4.69) is 20.5 Å². The fourth-order valence-electron chi connectivity index (χ4n) is 3.49. The number of thiophene rings is 1. The molecule has 0 aromatic carbocycles. The molecule has 4 aromatic rings. The smallest absolute Gasteiger partial charge is 0.365 e. The van der Waals surface area contributed by atoms with Crippen molar-refractivity contribution in [3.8, 4) is 11.1 Å². The number of fused-ring (bicyclic) bond motifs is 1. The fraction of sp³-hybridized carbons (Fsp3) is 0.250. The van der Waals surface area contributed by atoms with Crippen molar-refractivity contribution in [1.82, 2.24) is 24.5 Å². The van der Waals surface area contributed by atoms with Crippen molar-refractivity contribution in [2.75, 3.05) is 5.32 Å². The molecule has 2 amide bonds. The van der Waals surface area contributed by atoms with Gasteiger partial charge in [-0.2, -0.15) is 23.4 Å². The Balaban J connectivity index is 1.94. The second-order valence-electron chi connectivity index (χ2n) is 7.50. The molecule has 0 aliphatic heterocycles. The zero-order valence-electron chi connectivity index (χ0n) is 18.2. The number of carbonyl (C=O) groups is 2. The highest BCUT2D eigenvalue weighted by Crippen LogP contribution is 2.43. The Morgan fingerprint density at radius 3 is 2.34 bits per heavy atom. The molecule has 0 unspecified atom stereocenters. The Morgan fingerprint density at radius 1 is 1.14 bits per heavy atom. The lowest BCUT2D eigenvalue weighted by Crippen LogP contribution is -2.19. The molecule has 35 heavy (non-hydrogen) atoms. The fourth-order valence-corrected chi connectivity index (χ4v) is 4.51. The third-order valence-electron chi connectivity index (χ3n) is 5.30. The second kappa shape index (κ2) is 8.41. The maximum atomic E-state index is 13.6. The normalized spacial score (nSPS) is 12.0. The van der Waals surface area contributed by atoms with Crippen LogP contribution in [-0.2, 0) is 20.3 Å². The monoisotopic (exact) mass is 513 g/mol. The van der Waals surface area contributed by atoms with Gasteiger partial charge in [-0.25, -0.2) is 13.8 Å². The highest BCUT2D eigenvalue weighted by Gasteiger charge is 2.36. The standard InChI is InChI=1S/C20H16F5N7O2S/c1-7-9(6-27-31(7)2)8-4-10(16(21)22)28-19-13(8)14(15(35-19)17(26)33)29-18(34)11-5-12(20(23,24)25)30-32(11)3/h4-6,16H,1-3H3,(H2,26,33)(H,29,34). The number of primary amides is 1. The summed E-state index contributed by atoms with van der Waals surface area (Å²) < 4.78 is 68.5. The molecule has 0 spiro atoms. The topological polar surface area (TPSA) is 121 Å². The minimum absolute atomic E-state index is 0.0221. The maximum Gasteiger partial charge on any atom is 0.435 e. The van der Waals surface area contributed by atoms with Gasteiger partial charge >= 0.3 is 6.18 Å². The molecule has 0 bridgehead atoms. The van der Waals surface area contributed by atoms with Crippen LogP contribution >= 0.6 is 11.3 Å². The summed E-state index contributed by atoms with van der Waals surface area (Å²) in [5.41, 5.74) is 4.18. The number of nitrogens with two attached hydrogens (primary N) is 1. The van der Waals surface area contributed by atoms with E-state index in [4.69, 9.17) is 5.73 Å². The van der Waals surface area contributed by atoms with Crippen LogP contribution in [0.2, 0.25) is 0 Å². The summed E-state index contributed by atoms with van der Waals surface area (Å²) in [7, 11) is 2.78. The predicted octanol–water partition coefficient (Wildman–Crippen LogP) is 4.05. The van der Waals surface area contributed by atoms with Gasteiger partial charge in [0, 0.05) is 36.8 Å². The molecule has 3 N–H and O–H groups in total. The van der Waals surface area contributed by atoms with Crippen LogP contribution in [0.4, 0.5) is 27.6 Å². The quantitative estimate of drug-likeness (QED) is 0.390. The number of hydrogen-bond acceptors (Lipinski definition) is 6. The zero-order chi connectivity index (χ0) is 25.8. The number of aromatic nitrogens is 5. The molecule has 0 radical (unpaired) electrons. The van der Waals surface area contributed by atoms with E-state index < -0.39 is 41.5 Å². The number of alkyl halides is 5. The highest BCUT2D eigenvalue weighted by molar-refractivity contribution is 7.21. The lowest BCUT2D eigenvalue weighted by atomic mass is 10.0. The SMILES string of the molecule is Cc1c(-c2cc(C(F)F)nc3sc(C(N)=O)c(NC(=O)c4cc(C(F)(F)F)nn4C)c23)cnn1C. The van der Waals surface area contributed by atoms with Gasteiger partial charge in [0.2, 0.25) is 0 Å². The molecule has 4 heterocycles. The van der Waals surface area contributed by atoms with Gasteiger partial charge in [-0.1, -0.05) is 0 Å². The third kappa shape index (κ3) is 4.22. The van der Waals surface area contributed by atoms with Crippen LogP contribution in [0.15, 0.2) is 18.3 Å². The second-order valence-corrected chi connectivity index (χ2v) is 8.50. The minimum Gasteiger partial charge on any atom is -0.365 e.